The number of rotatable bonds is 3. The Hall–Kier alpha value is -1.46. The molecule has 3 nitrogen and oxygen atoms in total. The Balaban J connectivity index is 2.43. The fraction of sp³-hybridized carbons (Fsp3) is 0.250. The van der Waals surface area contributed by atoms with Crippen LogP contribution < -0.4 is 4.87 Å². The highest BCUT2D eigenvalue weighted by Crippen LogP contribution is 2.24. The fourth-order valence-corrected chi connectivity index (χ4v) is 2.58. The van der Waals surface area contributed by atoms with Gasteiger partial charge in [0.2, 0.25) is 0 Å². The topological polar surface area (TPSA) is 36.1 Å². The molecule has 1 heterocycles. The van der Waals surface area contributed by atoms with Gasteiger partial charge in [-0.1, -0.05) is 11.3 Å². The Morgan fingerprint density at radius 1 is 1.29 bits per heavy atom. The zero-order valence-corrected chi connectivity index (χ0v) is 10.5. The molecule has 0 aliphatic heterocycles. The van der Waals surface area contributed by atoms with Gasteiger partial charge >= 0.3 is 4.87 Å². The van der Waals surface area contributed by atoms with Crippen LogP contribution in [0.15, 0.2) is 29.1 Å². The van der Waals surface area contributed by atoms with Gasteiger partial charge in [0.15, 0.2) is 0 Å². The number of thiazole rings is 1. The fourth-order valence-electron chi connectivity index (χ4n) is 1.61. The van der Waals surface area contributed by atoms with Crippen molar-refractivity contribution in [1.29, 1.82) is 0 Å². The van der Waals surface area contributed by atoms with Crippen molar-refractivity contribution in [3.8, 4) is 11.3 Å². The Morgan fingerprint density at radius 2 is 1.94 bits per heavy atom. The molecule has 1 aromatic heterocycles. The SMILES string of the molecule is CN(C)Cc1sc(=O)[nH]c1-c1ccc(F)cc1. The van der Waals surface area contributed by atoms with Crippen molar-refractivity contribution in [1.82, 2.24) is 9.88 Å². The summed E-state index contributed by atoms with van der Waals surface area (Å²) < 4.78 is 12.8. The maximum absolute atomic E-state index is 12.8. The molecular formula is C12H13FN2OS. The summed E-state index contributed by atoms with van der Waals surface area (Å²) in [7, 11) is 3.89. The summed E-state index contributed by atoms with van der Waals surface area (Å²) in [5.74, 6) is -0.277. The minimum Gasteiger partial charge on any atom is -0.312 e. The number of aromatic nitrogens is 1. The minimum atomic E-state index is -0.277. The summed E-state index contributed by atoms with van der Waals surface area (Å²) in [5, 5.41) is 0. The summed E-state index contributed by atoms with van der Waals surface area (Å²) >= 11 is 1.20. The Morgan fingerprint density at radius 3 is 2.53 bits per heavy atom. The molecule has 0 saturated heterocycles. The molecule has 0 aliphatic rings. The van der Waals surface area contributed by atoms with E-state index in [9.17, 15) is 9.18 Å². The average Bonchev–Trinajstić information content (AvgIpc) is 2.59. The summed E-state index contributed by atoms with van der Waals surface area (Å²) in [6.45, 7) is 0.691. The van der Waals surface area contributed by atoms with Crippen molar-refractivity contribution in [2.45, 2.75) is 6.54 Å². The molecule has 0 aliphatic carbocycles. The van der Waals surface area contributed by atoms with E-state index in [0.29, 0.717) is 6.54 Å². The zero-order chi connectivity index (χ0) is 12.4. The molecule has 2 aromatic rings. The molecule has 0 spiro atoms. The van der Waals surface area contributed by atoms with Gasteiger partial charge in [-0.25, -0.2) is 4.39 Å². The number of halogens is 1. The number of nitrogens with zero attached hydrogens (tertiary/aromatic N) is 1. The molecule has 2 rings (SSSR count). The first kappa shape index (κ1) is 12.0. The first-order valence-electron chi connectivity index (χ1n) is 5.19. The van der Waals surface area contributed by atoms with Crippen molar-refractivity contribution in [3.05, 3.63) is 44.6 Å². The van der Waals surface area contributed by atoms with Crippen molar-refractivity contribution in [3.63, 3.8) is 0 Å². The number of H-pyrrole nitrogens is 1. The Kier molecular flexibility index (Phi) is 3.40. The monoisotopic (exact) mass is 252 g/mol. The van der Waals surface area contributed by atoms with E-state index in [1.807, 2.05) is 19.0 Å². The van der Waals surface area contributed by atoms with E-state index in [-0.39, 0.29) is 10.7 Å². The highest BCUT2D eigenvalue weighted by atomic mass is 32.1. The lowest BCUT2D eigenvalue weighted by atomic mass is 10.1. The van der Waals surface area contributed by atoms with Crippen LogP contribution in [-0.2, 0) is 6.54 Å². The second-order valence-electron chi connectivity index (χ2n) is 4.06. The lowest BCUT2D eigenvalue weighted by Crippen LogP contribution is -2.10. The highest BCUT2D eigenvalue weighted by Gasteiger charge is 2.10. The second kappa shape index (κ2) is 4.81. The minimum absolute atomic E-state index is 0.0822. The van der Waals surface area contributed by atoms with Gasteiger partial charge in [-0.05, 0) is 43.9 Å². The predicted octanol–water partition coefficient (Wildman–Crippen LogP) is 2.30. The van der Waals surface area contributed by atoms with E-state index >= 15 is 0 Å². The Labute approximate surface area is 103 Å². The summed E-state index contributed by atoms with van der Waals surface area (Å²) in [4.78, 5) is 17.1. The van der Waals surface area contributed by atoms with Crippen LogP contribution in [0.4, 0.5) is 4.39 Å². The molecule has 17 heavy (non-hydrogen) atoms. The number of benzene rings is 1. The van der Waals surface area contributed by atoms with E-state index in [2.05, 4.69) is 4.98 Å². The van der Waals surface area contributed by atoms with Gasteiger partial charge in [0.05, 0.1) is 5.69 Å². The van der Waals surface area contributed by atoms with E-state index in [0.717, 1.165) is 16.1 Å². The summed E-state index contributed by atoms with van der Waals surface area (Å²) in [5.41, 5.74) is 1.62. The van der Waals surface area contributed by atoms with E-state index in [4.69, 9.17) is 0 Å². The van der Waals surface area contributed by atoms with Crippen LogP contribution in [0, 0.1) is 5.82 Å². The quantitative estimate of drug-likeness (QED) is 0.910. The van der Waals surface area contributed by atoms with Gasteiger partial charge in [0.25, 0.3) is 0 Å². The number of hydrogen-bond donors (Lipinski definition) is 1. The zero-order valence-electron chi connectivity index (χ0n) is 9.66. The molecule has 1 N–H and O–H groups in total. The number of aromatic amines is 1. The first-order valence-corrected chi connectivity index (χ1v) is 6.00. The van der Waals surface area contributed by atoms with Crippen molar-refractivity contribution < 1.29 is 4.39 Å². The molecule has 0 fully saturated rings. The molecular weight excluding hydrogens is 239 g/mol. The molecule has 0 saturated carbocycles. The summed E-state index contributed by atoms with van der Waals surface area (Å²) in [6.07, 6.45) is 0. The normalized spacial score (nSPS) is 11.1. The van der Waals surface area contributed by atoms with Gasteiger partial charge in [-0.2, -0.15) is 0 Å². The van der Waals surface area contributed by atoms with Crippen LogP contribution in [0.3, 0.4) is 0 Å². The van der Waals surface area contributed by atoms with Gasteiger partial charge in [0.1, 0.15) is 5.82 Å². The van der Waals surface area contributed by atoms with Crippen LogP contribution in [0.2, 0.25) is 0 Å². The van der Waals surface area contributed by atoms with Gasteiger partial charge in [-0.15, -0.1) is 0 Å². The lowest BCUT2D eigenvalue weighted by molar-refractivity contribution is 0.406. The molecule has 0 unspecified atom stereocenters. The Bertz CT molecular complexity index is 557. The van der Waals surface area contributed by atoms with Gasteiger partial charge < -0.3 is 9.88 Å². The van der Waals surface area contributed by atoms with Gasteiger partial charge in [0, 0.05) is 11.4 Å². The number of hydrogen-bond acceptors (Lipinski definition) is 3. The molecule has 1 aromatic carbocycles. The highest BCUT2D eigenvalue weighted by molar-refractivity contribution is 7.09. The molecule has 5 heteroatoms. The lowest BCUT2D eigenvalue weighted by Gasteiger charge is -2.09. The second-order valence-corrected chi connectivity index (χ2v) is 5.13. The smallest absolute Gasteiger partial charge is 0.305 e. The first-order chi connectivity index (χ1) is 8.06. The third kappa shape index (κ3) is 2.81. The van der Waals surface area contributed by atoms with Gasteiger partial charge in [-0.3, -0.25) is 4.79 Å². The van der Waals surface area contributed by atoms with E-state index in [1.54, 1.807) is 12.1 Å². The molecule has 0 amide bonds. The third-order valence-electron chi connectivity index (χ3n) is 2.31. The molecule has 0 bridgehead atoms. The number of nitrogens with one attached hydrogen (secondary N) is 1. The predicted molar refractivity (Wildman–Crippen MR) is 67.7 cm³/mol. The van der Waals surface area contributed by atoms with Crippen LogP contribution in [0.5, 0.6) is 0 Å². The molecule has 0 radical (unpaired) electrons. The van der Waals surface area contributed by atoms with Crippen LogP contribution >= 0.6 is 11.3 Å². The van der Waals surface area contributed by atoms with Crippen molar-refractivity contribution in [2.75, 3.05) is 14.1 Å². The van der Waals surface area contributed by atoms with Crippen LogP contribution in [0.1, 0.15) is 4.88 Å². The van der Waals surface area contributed by atoms with Crippen LogP contribution in [0.25, 0.3) is 11.3 Å². The largest absolute Gasteiger partial charge is 0.312 e. The third-order valence-corrected chi connectivity index (χ3v) is 3.18. The standard InChI is InChI=1S/C12H13FN2OS/c1-15(2)7-10-11(14-12(16)17-10)8-3-5-9(13)6-4-8/h3-6H,7H2,1-2H3,(H,14,16). The maximum Gasteiger partial charge on any atom is 0.305 e. The average molecular weight is 252 g/mol. The van der Waals surface area contributed by atoms with Crippen molar-refractivity contribution >= 4 is 11.3 Å². The molecule has 0 atom stereocenters. The summed E-state index contributed by atoms with van der Waals surface area (Å²) in [6, 6.07) is 6.13. The van der Waals surface area contributed by atoms with Crippen molar-refractivity contribution in [2.24, 2.45) is 0 Å². The van der Waals surface area contributed by atoms with E-state index in [1.165, 1.54) is 23.5 Å². The van der Waals surface area contributed by atoms with Crippen LogP contribution in [-0.4, -0.2) is 24.0 Å². The molecule has 90 valence electrons. The van der Waals surface area contributed by atoms with E-state index < -0.39 is 0 Å². The maximum atomic E-state index is 12.8.